The Morgan fingerprint density at radius 2 is 1.84 bits per heavy atom. The number of amides is 2. The number of thiophene rings is 1. The molecular weight excluding hydrogens is 471 g/mol. The van der Waals surface area contributed by atoms with E-state index in [1.165, 1.54) is 23.5 Å². The largest absolute Gasteiger partial charge is 0.490 e. The van der Waals surface area contributed by atoms with E-state index in [4.69, 9.17) is 32.7 Å². The van der Waals surface area contributed by atoms with Gasteiger partial charge in [0.1, 0.15) is 5.00 Å². The topological polar surface area (TPSA) is 76.7 Å². The highest BCUT2D eigenvalue weighted by Crippen LogP contribution is 2.40. The van der Waals surface area contributed by atoms with Crippen LogP contribution in [0.5, 0.6) is 5.75 Å². The quantitative estimate of drug-likeness (QED) is 0.387. The predicted octanol–water partition coefficient (Wildman–Crippen LogP) is 5.74. The zero-order valence-corrected chi connectivity index (χ0v) is 20.6. The lowest BCUT2D eigenvalue weighted by Crippen LogP contribution is -2.27. The normalized spacial score (nSPS) is 12.5. The first-order chi connectivity index (χ1) is 15.5. The van der Waals surface area contributed by atoms with Crippen molar-refractivity contribution < 1.29 is 19.1 Å². The molecule has 0 fully saturated rings. The number of fused-ring (bicyclic) bond motifs is 1. The first-order valence-electron chi connectivity index (χ1n) is 10.9. The Morgan fingerprint density at radius 3 is 2.53 bits per heavy atom. The maximum absolute atomic E-state index is 13.0. The molecule has 2 N–H and O–H groups in total. The van der Waals surface area contributed by atoms with E-state index in [1.54, 1.807) is 0 Å². The Hall–Kier alpha value is -1.80. The molecule has 1 aliphatic carbocycles. The van der Waals surface area contributed by atoms with Crippen LogP contribution in [0.3, 0.4) is 0 Å². The number of carbonyl (C=O) groups is 2. The van der Waals surface area contributed by atoms with E-state index in [2.05, 4.69) is 10.6 Å². The van der Waals surface area contributed by atoms with Crippen molar-refractivity contribution >= 4 is 51.4 Å². The minimum absolute atomic E-state index is 0.171. The van der Waals surface area contributed by atoms with Crippen molar-refractivity contribution in [3.8, 4) is 5.75 Å². The molecule has 1 aromatic heterocycles. The second kappa shape index (κ2) is 11.9. The number of ether oxygens (including phenoxy) is 2. The van der Waals surface area contributed by atoms with Gasteiger partial charge in [0.2, 0.25) is 0 Å². The molecule has 0 bridgehead atoms. The highest BCUT2D eigenvalue weighted by molar-refractivity contribution is 7.17. The van der Waals surface area contributed by atoms with Crippen molar-refractivity contribution in [3.63, 3.8) is 0 Å². The number of carbonyl (C=O) groups excluding carboxylic acids is 2. The van der Waals surface area contributed by atoms with Gasteiger partial charge in [-0.05, 0) is 56.7 Å². The van der Waals surface area contributed by atoms with Crippen LogP contribution in [0.2, 0.25) is 10.0 Å². The highest BCUT2D eigenvalue weighted by Gasteiger charge is 2.27. The third kappa shape index (κ3) is 5.95. The fourth-order valence-electron chi connectivity index (χ4n) is 3.55. The van der Waals surface area contributed by atoms with Gasteiger partial charge in [-0.25, -0.2) is 0 Å². The van der Waals surface area contributed by atoms with E-state index in [0.29, 0.717) is 48.2 Å². The Balaban J connectivity index is 1.76. The van der Waals surface area contributed by atoms with Crippen LogP contribution in [-0.2, 0) is 17.6 Å². The van der Waals surface area contributed by atoms with Gasteiger partial charge in [0.15, 0.2) is 5.75 Å². The van der Waals surface area contributed by atoms with Gasteiger partial charge in [0.05, 0.1) is 22.2 Å². The average molecular weight is 499 g/mol. The molecule has 0 saturated heterocycles. The lowest BCUT2D eigenvalue weighted by Gasteiger charge is -2.12. The number of halogens is 2. The van der Waals surface area contributed by atoms with Gasteiger partial charge < -0.3 is 20.1 Å². The standard InChI is InChI=1S/C23H28Cl2N2O4S/c1-3-10-31-20-16(24)12-14(13-17(20)25)21(28)27-23-19(15-7-5-8-18(15)32-23)22(29)26-9-6-11-30-4-2/h12-13H,3-11H2,1-2H3,(H,26,29)(H,27,28). The Kier molecular flexibility index (Phi) is 9.22. The lowest BCUT2D eigenvalue weighted by molar-refractivity contribution is 0.0944. The Bertz CT molecular complexity index is 954. The summed E-state index contributed by atoms with van der Waals surface area (Å²) in [5.74, 6) is -0.175. The molecule has 2 amide bonds. The van der Waals surface area contributed by atoms with Crippen molar-refractivity contribution in [1.82, 2.24) is 5.32 Å². The van der Waals surface area contributed by atoms with Crippen LogP contribution in [0.4, 0.5) is 5.00 Å². The van der Waals surface area contributed by atoms with Crippen LogP contribution < -0.4 is 15.4 Å². The van der Waals surface area contributed by atoms with E-state index >= 15 is 0 Å². The van der Waals surface area contributed by atoms with Gasteiger partial charge in [-0.2, -0.15) is 0 Å². The second-order valence-corrected chi connectivity index (χ2v) is 9.36. The smallest absolute Gasteiger partial charge is 0.256 e. The van der Waals surface area contributed by atoms with Crippen LogP contribution in [0, 0.1) is 0 Å². The van der Waals surface area contributed by atoms with E-state index in [1.807, 2.05) is 13.8 Å². The summed E-state index contributed by atoms with van der Waals surface area (Å²) in [6.07, 6.45) is 4.32. The summed E-state index contributed by atoms with van der Waals surface area (Å²) < 4.78 is 10.9. The van der Waals surface area contributed by atoms with Crippen molar-refractivity contribution in [2.24, 2.45) is 0 Å². The van der Waals surface area contributed by atoms with E-state index in [0.717, 1.165) is 42.5 Å². The highest BCUT2D eigenvalue weighted by atomic mass is 35.5. The third-order valence-corrected chi connectivity index (χ3v) is 6.81. The number of anilines is 1. The molecule has 1 heterocycles. The van der Waals surface area contributed by atoms with Crippen LogP contribution in [0.1, 0.15) is 64.3 Å². The van der Waals surface area contributed by atoms with E-state index in [-0.39, 0.29) is 21.9 Å². The number of hydrogen-bond donors (Lipinski definition) is 2. The molecule has 0 radical (unpaired) electrons. The van der Waals surface area contributed by atoms with Crippen LogP contribution in [-0.4, -0.2) is 38.2 Å². The van der Waals surface area contributed by atoms with E-state index in [9.17, 15) is 9.59 Å². The zero-order chi connectivity index (χ0) is 23.1. The summed E-state index contributed by atoms with van der Waals surface area (Å²) in [5.41, 5.74) is 1.90. The molecule has 0 atom stereocenters. The van der Waals surface area contributed by atoms with Crippen molar-refractivity contribution in [3.05, 3.63) is 43.7 Å². The van der Waals surface area contributed by atoms with Gasteiger partial charge in [0, 0.05) is 30.2 Å². The lowest BCUT2D eigenvalue weighted by atomic mass is 10.1. The SMILES string of the molecule is CCCOc1c(Cl)cc(C(=O)Nc2sc3c(c2C(=O)NCCCOCC)CCC3)cc1Cl. The molecular formula is C23H28Cl2N2O4S. The van der Waals surface area contributed by atoms with Gasteiger partial charge in [-0.3, -0.25) is 9.59 Å². The number of aryl methyl sites for hydroxylation is 1. The first-order valence-corrected chi connectivity index (χ1v) is 12.5. The first kappa shape index (κ1) is 24.8. The molecule has 1 aromatic carbocycles. The fourth-order valence-corrected chi connectivity index (χ4v) is 5.43. The summed E-state index contributed by atoms with van der Waals surface area (Å²) in [6.45, 7) is 6.17. The molecule has 0 unspecified atom stereocenters. The Labute approximate surface area is 202 Å². The maximum atomic E-state index is 13.0. The molecule has 6 nitrogen and oxygen atoms in total. The minimum Gasteiger partial charge on any atom is -0.490 e. The van der Waals surface area contributed by atoms with Crippen LogP contribution in [0.15, 0.2) is 12.1 Å². The summed E-state index contributed by atoms with van der Waals surface area (Å²) in [5, 5.41) is 6.96. The van der Waals surface area contributed by atoms with Crippen LogP contribution >= 0.6 is 34.5 Å². The van der Waals surface area contributed by atoms with E-state index < -0.39 is 0 Å². The number of rotatable bonds is 11. The van der Waals surface area contributed by atoms with Gasteiger partial charge in [-0.1, -0.05) is 30.1 Å². The molecule has 2 aromatic rings. The minimum atomic E-state index is -0.374. The summed E-state index contributed by atoms with van der Waals surface area (Å²) >= 11 is 14.0. The monoisotopic (exact) mass is 498 g/mol. The molecule has 32 heavy (non-hydrogen) atoms. The number of hydrogen-bond acceptors (Lipinski definition) is 5. The molecule has 1 aliphatic rings. The third-order valence-electron chi connectivity index (χ3n) is 5.04. The average Bonchev–Trinajstić information content (AvgIpc) is 3.33. The molecule has 0 aliphatic heterocycles. The van der Waals surface area contributed by atoms with Crippen LogP contribution in [0.25, 0.3) is 0 Å². The Morgan fingerprint density at radius 1 is 1.09 bits per heavy atom. The number of benzene rings is 1. The van der Waals surface area contributed by atoms with Crippen molar-refractivity contribution in [2.75, 3.05) is 31.7 Å². The van der Waals surface area contributed by atoms with Gasteiger partial charge in [-0.15, -0.1) is 11.3 Å². The number of nitrogens with one attached hydrogen (secondary N) is 2. The molecule has 3 rings (SSSR count). The maximum Gasteiger partial charge on any atom is 0.256 e. The van der Waals surface area contributed by atoms with Crippen molar-refractivity contribution in [2.45, 2.75) is 46.0 Å². The molecule has 174 valence electrons. The second-order valence-electron chi connectivity index (χ2n) is 7.44. The molecule has 9 heteroatoms. The molecule has 0 spiro atoms. The summed E-state index contributed by atoms with van der Waals surface area (Å²) in [7, 11) is 0. The molecule has 0 saturated carbocycles. The van der Waals surface area contributed by atoms with Gasteiger partial charge in [0.25, 0.3) is 11.8 Å². The summed E-state index contributed by atoms with van der Waals surface area (Å²) in [6, 6.07) is 3.06. The van der Waals surface area contributed by atoms with Crippen molar-refractivity contribution in [1.29, 1.82) is 0 Å². The predicted molar refractivity (Wildman–Crippen MR) is 130 cm³/mol. The van der Waals surface area contributed by atoms with Gasteiger partial charge >= 0.3 is 0 Å². The summed E-state index contributed by atoms with van der Waals surface area (Å²) in [4.78, 5) is 27.1. The zero-order valence-electron chi connectivity index (χ0n) is 18.3. The fraction of sp³-hybridized carbons (Fsp3) is 0.478.